The molecule has 19 heavy (non-hydrogen) atoms. The Balaban J connectivity index is 1.92. The van der Waals surface area contributed by atoms with Crippen LogP contribution in [-0.4, -0.2) is 6.10 Å². The quantitative estimate of drug-likeness (QED) is 0.914. The zero-order valence-corrected chi connectivity index (χ0v) is 11.4. The number of nitrogens with two attached hydrogens (primary N) is 1. The Morgan fingerprint density at radius 2 is 2.00 bits per heavy atom. The molecule has 3 heteroatoms. The smallest absolute Gasteiger partial charge is 0.120 e. The van der Waals surface area contributed by atoms with Gasteiger partial charge >= 0.3 is 0 Å². The molecule has 0 spiro atoms. The molecule has 0 bridgehead atoms. The lowest BCUT2D eigenvalue weighted by Gasteiger charge is -2.09. The van der Waals surface area contributed by atoms with E-state index < -0.39 is 0 Å². The summed E-state index contributed by atoms with van der Waals surface area (Å²) in [4.78, 5) is 0. The maximum atomic E-state index is 6.32. The molecule has 0 aliphatic heterocycles. The molecule has 2 N–H and O–H groups in total. The molecule has 0 aromatic heterocycles. The standard InChI is InChI=1S/C16H16ClNO/c17-16-8-11(10-18)4-7-15(16)12-2-1-3-14(9-12)19-13-5-6-13/h1-4,7-9,13H,5-6,10,18H2. The zero-order valence-electron chi connectivity index (χ0n) is 10.6. The Labute approximate surface area is 118 Å². The molecule has 0 unspecified atom stereocenters. The highest BCUT2D eigenvalue weighted by atomic mass is 35.5. The average molecular weight is 274 g/mol. The summed E-state index contributed by atoms with van der Waals surface area (Å²) in [5.74, 6) is 0.916. The van der Waals surface area contributed by atoms with E-state index in [1.54, 1.807) is 0 Å². The molecule has 0 amide bonds. The molecular formula is C16H16ClNO. The number of hydrogen-bond donors (Lipinski definition) is 1. The highest BCUT2D eigenvalue weighted by molar-refractivity contribution is 6.33. The van der Waals surface area contributed by atoms with Gasteiger partial charge in [0, 0.05) is 17.1 Å². The van der Waals surface area contributed by atoms with Crippen LogP contribution in [0.5, 0.6) is 5.75 Å². The van der Waals surface area contributed by atoms with Crippen LogP contribution in [0.15, 0.2) is 42.5 Å². The summed E-state index contributed by atoms with van der Waals surface area (Å²) >= 11 is 6.32. The van der Waals surface area contributed by atoms with E-state index in [-0.39, 0.29) is 0 Å². The van der Waals surface area contributed by atoms with E-state index >= 15 is 0 Å². The van der Waals surface area contributed by atoms with Gasteiger partial charge in [-0.1, -0.05) is 35.9 Å². The van der Waals surface area contributed by atoms with Crippen molar-refractivity contribution in [1.82, 2.24) is 0 Å². The lowest BCUT2D eigenvalue weighted by atomic mass is 10.0. The summed E-state index contributed by atoms with van der Waals surface area (Å²) in [5, 5.41) is 0.728. The van der Waals surface area contributed by atoms with E-state index in [9.17, 15) is 0 Å². The van der Waals surface area contributed by atoms with Crippen LogP contribution in [-0.2, 0) is 6.54 Å². The van der Waals surface area contributed by atoms with Gasteiger partial charge in [0.05, 0.1) is 6.10 Å². The number of rotatable bonds is 4. The van der Waals surface area contributed by atoms with Crippen molar-refractivity contribution < 1.29 is 4.74 Å². The van der Waals surface area contributed by atoms with Crippen LogP contribution in [0.3, 0.4) is 0 Å². The topological polar surface area (TPSA) is 35.2 Å². The van der Waals surface area contributed by atoms with Gasteiger partial charge in [-0.15, -0.1) is 0 Å². The van der Waals surface area contributed by atoms with Crippen molar-refractivity contribution in [3.8, 4) is 16.9 Å². The fourth-order valence-corrected chi connectivity index (χ4v) is 2.35. The van der Waals surface area contributed by atoms with Gasteiger partial charge in [0.25, 0.3) is 0 Å². The van der Waals surface area contributed by atoms with E-state index in [0.717, 1.165) is 40.3 Å². The Hall–Kier alpha value is -1.51. The fraction of sp³-hybridized carbons (Fsp3) is 0.250. The van der Waals surface area contributed by atoms with E-state index in [4.69, 9.17) is 22.1 Å². The van der Waals surface area contributed by atoms with Crippen molar-refractivity contribution in [1.29, 1.82) is 0 Å². The molecule has 2 nitrogen and oxygen atoms in total. The highest BCUT2D eigenvalue weighted by Crippen LogP contribution is 2.33. The van der Waals surface area contributed by atoms with Gasteiger partial charge in [-0.05, 0) is 42.2 Å². The van der Waals surface area contributed by atoms with Crippen molar-refractivity contribution in [3.63, 3.8) is 0 Å². The third-order valence-corrected chi connectivity index (χ3v) is 3.55. The van der Waals surface area contributed by atoms with Crippen LogP contribution in [0.4, 0.5) is 0 Å². The Bertz CT molecular complexity index is 593. The second kappa shape index (κ2) is 5.24. The lowest BCUT2D eigenvalue weighted by Crippen LogP contribution is -1.97. The first-order valence-corrected chi connectivity index (χ1v) is 6.89. The van der Waals surface area contributed by atoms with E-state index in [1.165, 1.54) is 0 Å². The molecule has 0 atom stereocenters. The first-order valence-electron chi connectivity index (χ1n) is 6.52. The van der Waals surface area contributed by atoms with Crippen LogP contribution < -0.4 is 10.5 Å². The molecule has 1 fully saturated rings. The minimum atomic E-state index is 0.408. The van der Waals surface area contributed by atoms with Crippen molar-refractivity contribution in [2.24, 2.45) is 5.73 Å². The molecular weight excluding hydrogens is 258 g/mol. The summed E-state index contributed by atoms with van der Waals surface area (Å²) in [6.45, 7) is 0.505. The molecule has 0 heterocycles. The summed E-state index contributed by atoms with van der Waals surface area (Å²) in [5.41, 5.74) is 8.75. The van der Waals surface area contributed by atoms with Crippen LogP contribution in [0.25, 0.3) is 11.1 Å². The first-order chi connectivity index (χ1) is 9.26. The predicted octanol–water partition coefficient (Wildman–Crippen LogP) is 4.01. The number of halogens is 1. The van der Waals surface area contributed by atoms with Crippen molar-refractivity contribution >= 4 is 11.6 Å². The van der Waals surface area contributed by atoms with E-state index in [2.05, 4.69) is 0 Å². The first kappa shape index (κ1) is 12.5. The largest absolute Gasteiger partial charge is 0.490 e. The second-order valence-electron chi connectivity index (χ2n) is 4.86. The van der Waals surface area contributed by atoms with Gasteiger partial charge in [-0.25, -0.2) is 0 Å². The van der Waals surface area contributed by atoms with Crippen LogP contribution in [0.2, 0.25) is 5.02 Å². The summed E-state index contributed by atoms with van der Waals surface area (Å²) < 4.78 is 5.81. The van der Waals surface area contributed by atoms with Crippen molar-refractivity contribution in [2.45, 2.75) is 25.5 Å². The van der Waals surface area contributed by atoms with Gasteiger partial charge in [0.2, 0.25) is 0 Å². The molecule has 0 saturated heterocycles. The lowest BCUT2D eigenvalue weighted by molar-refractivity contribution is 0.303. The van der Waals surface area contributed by atoms with E-state index in [1.807, 2.05) is 42.5 Å². The number of ether oxygens (including phenoxy) is 1. The minimum absolute atomic E-state index is 0.408. The number of hydrogen-bond acceptors (Lipinski definition) is 2. The van der Waals surface area contributed by atoms with Gasteiger partial charge in [0.15, 0.2) is 0 Å². The van der Waals surface area contributed by atoms with Gasteiger partial charge < -0.3 is 10.5 Å². The fourth-order valence-electron chi connectivity index (χ4n) is 2.03. The molecule has 98 valence electrons. The van der Waals surface area contributed by atoms with Gasteiger partial charge in [-0.2, -0.15) is 0 Å². The predicted molar refractivity (Wildman–Crippen MR) is 78.4 cm³/mol. The molecule has 1 aliphatic carbocycles. The monoisotopic (exact) mass is 273 g/mol. The summed E-state index contributed by atoms with van der Waals surface area (Å²) in [7, 11) is 0. The number of benzene rings is 2. The molecule has 0 radical (unpaired) electrons. The third-order valence-electron chi connectivity index (χ3n) is 3.24. The summed E-state index contributed by atoms with van der Waals surface area (Å²) in [6, 6.07) is 14.0. The minimum Gasteiger partial charge on any atom is -0.490 e. The van der Waals surface area contributed by atoms with Crippen LogP contribution in [0, 0.1) is 0 Å². The maximum Gasteiger partial charge on any atom is 0.120 e. The highest BCUT2D eigenvalue weighted by Gasteiger charge is 2.23. The maximum absolute atomic E-state index is 6.32. The Morgan fingerprint density at radius 1 is 1.16 bits per heavy atom. The SMILES string of the molecule is NCc1ccc(-c2cccc(OC3CC3)c2)c(Cl)c1. The van der Waals surface area contributed by atoms with Crippen molar-refractivity contribution in [2.75, 3.05) is 0 Å². The third kappa shape index (κ3) is 2.91. The van der Waals surface area contributed by atoms with Gasteiger partial charge in [-0.3, -0.25) is 0 Å². The summed E-state index contributed by atoms with van der Waals surface area (Å²) in [6.07, 6.45) is 2.73. The van der Waals surface area contributed by atoms with Gasteiger partial charge in [0.1, 0.15) is 5.75 Å². The van der Waals surface area contributed by atoms with Crippen LogP contribution in [0.1, 0.15) is 18.4 Å². The van der Waals surface area contributed by atoms with Crippen molar-refractivity contribution in [3.05, 3.63) is 53.1 Å². The molecule has 3 rings (SSSR count). The Kier molecular flexibility index (Phi) is 3.45. The molecule has 1 saturated carbocycles. The zero-order chi connectivity index (χ0) is 13.2. The molecule has 1 aliphatic rings. The molecule has 2 aromatic rings. The molecule has 2 aromatic carbocycles. The normalized spacial score (nSPS) is 14.4. The second-order valence-corrected chi connectivity index (χ2v) is 5.27. The average Bonchev–Trinajstić information content (AvgIpc) is 3.23. The van der Waals surface area contributed by atoms with Crippen LogP contribution >= 0.6 is 11.6 Å². The Morgan fingerprint density at radius 3 is 2.68 bits per heavy atom. The van der Waals surface area contributed by atoms with E-state index in [0.29, 0.717) is 12.6 Å².